The van der Waals surface area contributed by atoms with Crippen molar-refractivity contribution >= 4 is 23.4 Å². The van der Waals surface area contributed by atoms with Crippen LogP contribution in [0.4, 0.5) is 14.5 Å². The molecule has 4 nitrogen and oxygen atoms in total. The quantitative estimate of drug-likeness (QED) is 0.753. The first-order valence-corrected chi connectivity index (χ1v) is 4.26. The standard InChI is InChI=1S/C7H6F2N2O2S/c8-7(9,6(12)13)14-5-4(10)2-1-3-11-5/h1-3H,10H2,(H,12,13). The third-order valence-electron chi connectivity index (χ3n) is 1.27. The van der Waals surface area contributed by atoms with Crippen LogP contribution in [0.2, 0.25) is 0 Å². The normalized spacial score (nSPS) is 11.3. The first kappa shape index (κ1) is 10.7. The molecule has 0 amide bonds. The zero-order valence-electron chi connectivity index (χ0n) is 6.78. The van der Waals surface area contributed by atoms with Crippen LogP contribution in [0.3, 0.4) is 0 Å². The van der Waals surface area contributed by atoms with Gasteiger partial charge in [0.05, 0.1) is 5.69 Å². The second-order valence-corrected chi connectivity index (χ2v) is 3.43. The molecule has 1 rings (SSSR count). The molecule has 1 aromatic heterocycles. The zero-order valence-corrected chi connectivity index (χ0v) is 7.59. The highest BCUT2D eigenvalue weighted by atomic mass is 32.2. The summed E-state index contributed by atoms with van der Waals surface area (Å²) in [7, 11) is 0. The molecule has 76 valence electrons. The molecule has 0 aliphatic heterocycles. The fourth-order valence-corrected chi connectivity index (χ4v) is 1.28. The van der Waals surface area contributed by atoms with Gasteiger partial charge in [-0.15, -0.1) is 0 Å². The van der Waals surface area contributed by atoms with Crippen LogP contribution in [0.5, 0.6) is 0 Å². The summed E-state index contributed by atoms with van der Waals surface area (Å²) in [4.78, 5) is 13.6. The Bertz CT molecular complexity index is 359. The van der Waals surface area contributed by atoms with Gasteiger partial charge in [-0.2, -0.15) is 8.78 Å². The van der Waals surface area contributed by atoms with Crippen LogP contribution in [0.25, 0.3) is 0 Å². The molecule has 0 aliphatic carbocycles. The van der Waals surface area contributed by atoms with Gasteiger partial charge in [-0.3, -0.25) is 0 Å². The van der Waals surface area contributed by atoms with Crippen LogP contribution in [-0.4, -0.2) is 21.3 Å². The van der Waals surface area contributed by atoms with Crippen LogP contribution >= 0.6 is 11.8 Å². The third kappa shape index (κ3) is 2.32. The minimum Gasteiger partial charge on any atom is -0.476 e. The number of nitrogens with zero attached hydrogens (tertiary/aromatic N) is 1. The Morgan fingerprint density at radius 1 is 1.64 bits per heavy atom. The predicted molar refractivity (Wildman–Crippen MR) is 47.1 cm³/mol. The van der Waals surface area contributed by atoms with E-state index in [1.807, 2.05) is 0 Å². The molecule has 0 radical (unpaired) electrons. The van der Waals surface area contributed by atoms with Crippen LogP contribution < -0.4 is 5.73 Å². The van der Waals surface area contributed by atoms with E-state index in [1.165, 1.54) is 18.3 Å². The number of carboxylic acid groups (broad SMARTS) is 1. The number of carboxylic acids is 1. The number of aliphatic carboxylic acids is 1. The zero-order chi connectivity index (χ0) is 10.8. The first-order valence-electron chi connectivity index (χ1n) is 3.44. The SMILES string of the molecule is Nc1cccnc1SC(F)(F)C(=O)O. The van der Waals surface area contributed by atoms with Crippen molar-refractivity contribution in [1.29, 1.82) is 0 Å². The molecule has 0 bridgehead atoms. The smallest absolute Gasteiger partial charge is 0.394 e. The lowest BCUT2D eigenvalue weighted by Crippen LogP contribution is -2.23. The highest BCUT2D eigenvalue weighted by Gasteiger charge is 2.41. The maximum atomic E-state index is 12.7. The molecule has 0 spiro atoms. The number of thioether (sulfide) groups is 1. The minimum atomic E-state index is -3.91. The number of hydrogen-bond acceptors (Lipinski definition) is 4. The molecule has 7 heteroatoms. The van der Waals surface area contributed by atoms with Crippen molar-refractivity contribution in [2.45, 2.75) is 10.3 Å². The lowest BCUT2D eigenvalue weighted by molar-refractivity contribution is -0.152. The van der Waals surface area contributed by atoms with Crippen molar-refractivity contribution in [3.63, 3.8) is 0 Å². The number of halogens is 2. The van der Waals surface area contributed by atoms with Crippen molar-refractivity contribution in [3.8, 4) is 0 Å². The lowest BCUT2D eigenvalue weighted by atomic mass is 10.4. The number of carbonyl (C=O) groups is 1. The summed E-state index contributed by atoms with van der Waals surface area (Å²) in [6, 6.07) is 2.84. The highest BCUT2D eigenvalue weighted by molar-refractivity contribution is 8.01. The monoisotopic (exact) mass is 220 g/mol. The lowest BCUT2D eigenvalue weighted by Gasteiger charge is -2.10. The Labute approximate surface area is 82.1 Å². The Balaban J connectivity index is 2.89. The van der Waals surface area contributed by atoms with Gasteiger partial charge in [-0.05, 0) is 23.9 Å². The molecule has 1 heterocycles. The Morgan fingerprint density at radius 3 is 2.79 bits per heavy atom. The van der Waals surface area contributed by atoms with Crippen LogP contribution in [0.1, 0.15) is 0 Å². The number of nitrogen functional groups attached to an aromatic ring is 1. The molecule has 3 N–H and O–H groups in total. The number of rotatable bonds is 3. The molecule has 0 saturated heterocycles. The van der Waals surface area contributed by atoms with Gasteiger partial charge < -0.3 is 10.8 Å². The van der Waals surface area contributed by atoms with E-state index in [0.717, 1.165) is 0 Å². The largest absolute Gasteiger partial charge is 0.476 e. The molecular formula is C7H6F2N2O2S. The highest BCUT2D eigenvalue weighted by Crippen LogP contribution is 2.37. The number of pyridine rings is 1. The molecule has 0 unspecified atom stereocenters. The van der Waals surface area contributed by atoms with E-state index in [1.54, 1.807) is 0 Å². The number of hydrogen-bond donors (Lipinski definition) is 2. The van der Waals surface area contributed by atoms with Crippen molar-refractivity contribution in [1.82, 2.24) is 4.98 Å². The average molecular weight is 220 g/mol. The van der Waals surface area contributed by atoms with Crippen molar-refractivity contribution in [3.05, 3.63) is 18.3 Å². The second-order valence-electron chi connectivity index (χ2n) is 2.32. The van der Waals surface area contributed by atoms with Crippen molar-refractivity contribution in [2.75, 3.05) is 5.73 Å². The van der Waals surface area contributed by atoms with E-state index in [4.69, 9.17) is 10.8 Å². The van der Waals surface area contributed by atoms with Crippen LogP contribution in [0, 0.1) is 0 Å². The Morgan fingerprint density at radius 2 is 2.29 bits per heavy atom. The molecular weight excluding hydrogens is 214 g/mol. The summed E-state index contributed by atoms with van der Waals surface area (Å²) >= 11 is -0.188. The second kappa shape index (κ2) is 3.79. The molecule has 14 heavy (non-hydrogen) atoms. The van der Waals surface area contributed by atoms with E-state index in [9.17, 15) is 13.6 Å². The number of anilines is 1. The van der Waals surface area contributed by atoms with Crippen LogP contribution in [-0.2, 0) is 4.79 Å². The number of aromatic nitrogens is 1. The summed E-state index contributed by atoms with van der Waals surface area (Å²) in [6.07, 6.45) is 1.26. The minimum absolute atomic E-state index is 0.0263. The Hall–Kier alpha value is -1.37. The molecule has 0 fully saturated rings. The topological polar surface area (TPSA) is 76.2 Å². The molecule has 0 aromatic carbocycles. The van der Waals surface area contributed by atoms with Gasteiger partial charge in [0.2, 0.25) is 0 Å². The number of nitrogens with two attached hydrogens (primary N) is 1. The van der Waals surface area contributed by atoms with Crippen molar-refractivity contribution in [2.24, 2.45) is 0 Å². The molecule has 0 atom stereocenters. The van der Waals surface area contributed by atoms with Gasteiger partial charge in [-0.25, -0.2) is 9.78 Å². The fourth-order valence-electron chi connectivity index (χ4n) is 0.654. The summed E-state index contributed by atoms with van der Waals surface area (Å²) < 4.78 is 25.4. The van der Waals surface area contributed by atoms with Gasteiger partial charge in [-0.1, -0.05) is 0 Å². The summed E-state index contributed by atoms with van der Waals surface area (Å²) in [5.74, 6) is -2.22. The average Bonchev–Trinajstić information content (AvgIpc) is 2.08. The van der Waals surface area contributed by atoms with Gasteiger partial charge in [0.1, 0.15) is 5.03 Å². The van der Waals surface area contributed by atoms with Gasteiger partial charge in [0.25, 0.3) is 0 Å². The van der Waals surface area contributed by atoms with Crippen LogP contribution in [0.15, 0.2) is 23.4 Å². The summed E-state index contributed by atoms with van der Waals surface area (Å²) in [6.45, 7) is 0. The van der Waals surface area contributed by atoms with Gasteiger partial charge in [0.15, 0.2) is 0 Å². The van der Waals surface area contributed by atoms with E-state index in [2.05, 4.69) is 4.98 Å². The maximum Gasteiger partial charge on any atom is 0.394 e. The Kier molecular flexibility index (Phi) is 2.90. The van der Waals surface area contributed by atoms with Gasteiger partial charge in [0, 0.05) is 6.20 Å². The van der Waals surface area contributed by atoms with E-state index < -0.39 is 11.2 Å². The van der Waals surface area contributed by atoms with E-state index >= 15 is 0 Å². The number of alkyl halides is 2. The first-order chi connectivity index (χ1) is 6.43. The third-order valence-corrected chi connectivity index (χ3v) is 2.24. The molecule has 0 aliphatic rings. The van der Waals surface area contributed by atoms with E-state index in [-0.39, 0.29) is 22.5 Å². The molecule has 1 aromatic rings. The predicted octanol–water partition coefficient (Wildman–Crippen LogP) is 1.43. The fraction of sp³-hybridized carbons (Fsp3) is 0.143. The van der Waals surface area contributed by atoms with Gasteiger partial charge >= 0.3 is 11.2 Å². The van der Waals surface area contributed by atoms with Crippen molar-refractivity contribution < 1.29 is 18.7 Å². The molecule has 0 saturated carbocycles. The van der Waals surface area contributed by atoms with E-state index in [0.29, 0.717) is 0 Å². The summed E-state index contributed by atoms with van der Waals surface area (Å²) in [5.41, 5.74) is 5.34. The maximum absolute atomic E-state index is 12.7. The summed E-state index contributed by atoms with van der Waals surface area (Å²) in [5, 5.41) is 4.05.